The summed E-state index contributed by atoms with van der Waals surface area (Å²) in [6, 6.07) is -0.0529. The van der Waals surface area contributed by atoms with Gasteiger partial charge in [0.05, 0.1) is 12.1 Å². The summed E-state index contributed by atoms with van der Waals surface area (Å²) in [5.41, 5.74) is 0. The Kier molecular flexibility index (Phi) is 4.20. The zero-order valence-electron chi connectivity index (χ0n) is 12.5. The molecule has 118 valence electrons. The van der Waals surface area contributed by atoms with Gasteiger partial charge in [0, 0.05) is 24.4 Å². The van der Waals surface area contributed by atoms with Crippen molar-refractivity contribution in [3.05, 3.63) is 0 Å². The molecule has 1 N–H and O–H groups in total. The Morgan fingerprint density at radius 1 is 1.10 bits per heavy atom. The van der Waals surface area contributed by atoms with Crippen molar-refractivity contribution in [2.75, 3.05) is 6.61 Å². The van der Waals surface area contributed by atoms with Gasteiger partial charge in [0.25, 0.3) is 0 Å². The Morgan fingerprint density at radius 3 is 2.24 bits per heavy atom. The van der Waals surface area contributed by atoms with Gasteiger partial charge < -0.3 is 20.0 Å². The number of hydrogen-bond acceptors (Lipinski definition) is 4. The van der Waals surface area contributed by atoms with Crippen molar-refractivity contribution in [1.29, 1.82) is 0 Å². The number of carboxylic acids is 1. The van der Waals surface area contributed by atoms with Gasteiger partial charge in [-0.05, 0) is 57.3 Å². The van der Waals surface area contributed by atoms with Crippen molar-refractivity contribution in [1.82, 2.24) is 5.32 Å². The maximum Gasteiger partial charge on any atom is 0.224 e. The molecular weight excluding hydrogens is 270 g/mol. The highest BCUT2D eigenvalue weighted by Crippen LogP contribution is 2.48. The number of ether oxygens (including phenoxy) is 1. The van der Waals surface area contributed by atoms with Gasteiger partial charge in [0.1, 0.15) is 0 Å². The highest BCUT2D eigenvalue weighted by molar-refractivity contribution is 5.85. The minimum Gasteiger partial charge on any atom is -0.550 e. The van der Waals surface area contributed by atoms with Crippen LogP contribution in [0.15, 0.2) is 0 Å². The summed E-state index contributed by atoms with van der Waals surface area (Å²) in [5, 5.41) is 14.5. The van der Waals surface area contributed by atoms with Crippen molar-refractivity contribution >= 4 is 11.9 Å². The average Bonchev–Trinajstić information content (AvgIpc) is 3.01. The summed E-state index contributed by atoms with van der Waals surface area (Å²) in [6.07, 6.45) is 5.85. The fourth-order valence-corrected chi connectivity index (χ4v) is 4.58. The first-order chi connectivity index (χ1) is 10.1. The number of hydrogen-bond donors (Lipinski definition) is 1. The molecule has 0 unspecified atom stereocenters. The number of carboxylic acid groups (broad SMARTS) is 1. The first-order valence-corrected chi connectivity index (χ1v) is 8.20. The number of amides is 1. The van der Waals surface area contributed by atoms with Crippen molar-refractivity contribution in [3.63, 3.8) is 0 Å². The molecule has 4 fully saturated rings. The maximum absolute atomic E-state index is 12.6. The van der Waals surface area contributed by atoms with Crippen molar-refractivity contribution in [2.24, 2.45) is 23.7 Å². The highest BCUT2D eigenvalue weighted by Gasteiger charge is 2.47. The van der Waals surface area contributed by atoms with E-state index in [1.54, 1.807) is 0 Å². The Morgan fingerprint density at radius 2 is 1.71 bits per heavy atom. The van der Waals surface area contributed by atoms with Crippen LogP contribution in [-0.4, -0.2) is 30.6 Å². The van der Waals surface area contributed by atoms with E-state index in [2.05, 4.69) is 5.32 Å². The SMILES string of the molecule is C[C@H](NC(=O)[C@@H]1C2CCC(CC2)[C@@H]1C(=O)[O-])[C@@H]1CCCO1. The second-order valence-corrected chi connectivity index (χ2v) is 6.89. The predicted molar refractivity (Wildman–Crippen MR) is 74.0 cm³/mol. The molecule has 4 rings (SSSR count). The number of fused-ring (bicyclic) bond motifs is 3. The molecule has 4 aliphatic rings. The quantitative estimate of drug-likeness (QED) is 0.817. The monoisotopic (exact) mass is 294 g/mol. The van der Waals surface area contributed by atoms with E-state index >= 15 is 0 Å². The van der Waals surface area contributed by atoms with Crippen LogP contribution in [0, 0.1) is 23.7 Å². The number of aliphatic carboxylic acids is 1. The van der Waals surface area contributed by atoms with Gasteiger partial charge in [-0.3, -0.25) is 4.79 Å². The lowest BCUT2D eigenvalue weighted by Gasteiger charge is -2.48. The van der Waals surface area contributed by atoms with E-state index in [9.17, 15) is 14.7 Å². The molecule has 1 amide bonds. The van der Waals surface area contributed by atoms with Crippen molar-refractivity contribution in [3.8, 4) is 0 Å². The number of nitrogens with one attached hydrogen (secondary N) is 1. The smallest absolute Gasteiger partial charge is 0.224 e. The summed E-state index contributed by atoms with van der Waals surface area (Å²) >= 11 is 0. The predicted octanol–water partition coefficient (Wildman–Crippen LogP) is 0.472. The zero-order chi connectivity index (χ0) is 15.0. The largest absolute Gasteiger partial charge is 0.550 e. The van der Waals surface area contributed by atoms with E-state index < -0.39 is 17.8 Å². The minimum atomic E-state index is -1.05. The third-order valence-corrected chi connectivity index (χ3v) is 5.69. The molecule has 21 heavy (non-hydrogen) atoms. The lowest BCUT2D eigenvalue weighted by atomic mass is 9.58. The topological polar surface area (TPSA) is 78.5 Å². The molecule has 3 saturated carbocycles. The van der Waals surface area contributed by atoms with Gasteiger partial charge in [-0.15, -0.1) is 0 Å². The molecule has 4 atom stereocenters. The summed E-state index contributed by atoms with van der Waals surface area (Å²) in [5.74, 6) is -1.85. The van der Waals surface area contributed by atoms with E-state index in [4.69, 9.17) is 4.74 Å². The molecule has 0 aromatic rings. The summed E-state index contributed by atoms with van der Waals surface area (Å²) in [4.78, 5) is 24.1. The van der Waals surface area contributed by atoms with Gasteiger partial charge in [-0.25, -0.2) is 0 Å². The third kappa shape index (κ3) is 2.80. The van der Waals surface area contributed by atoms with Crippen LogP contribution in [-0.2, 0) is 14.3 Å². The lowest BCUT2D eigenvalue weighted by Crippen LogP contribution is -2.56. The molecular formula is C16H24NO4-. The van der Waals surface area contributed by atoms with E-state index in [0.29, 0.717) is 0 Å². The summed E-state index contributed by atoms with van der Waals surface area (Å²) in [7, 11) is 0. The average molecular weight is 294 g/mol. The lowest BCUT2D eigenvalue weighted by molar-refractivity contribution is -0.318. The van der Waals surface area contributed by atoms with Crippen LogP contribution in [0.4, 0.5) is 0 Å². The third-order valence-electron chi connectivity index (χ3n) is 5.69. The molecule has 0 aromatic carbocycles. The number of carbonyl (C=O) groups is 2. The fraction of sp³-hybridized carbons (Fsp3) is 0.875. The van der Waals surface area contributed by atoms with Gasteiger partial charge in [-0.2, -0.15) is 0 Å². The molecule has 1 aliphatic heterocycles. The van der Waals surface area contributed by atoms with Crippen LogP contribution in [0.5, 0.6) is 0 Å². The molecule has 1 heterocycles. The van der Waals surface area contributed by atoms with Crippen molar-refractivity contribution in [2.45, 2.75) is 57.6 Å². The molecule has 0 radical (unpaired) electrons. The van der Waals surface area contributed by atoms with E-state index in [0.717, 1.165) is 45.1 Å². The summed E-state index contributed by atoms with van der Waals surface area (Å²) in [6.45, 7) is 2.70. The summed E-state index contributed by atoms with van der Waals surface area (Å²) < 4.78 is 5.60. The van der Waals surface area contributed by atoms with Gasteiger partial charge in [0.15, 0.2) is 0 Å². The maximum atomic E-state index is 12.6. The molecule has 1 saturated heterocycles. The van der Waals surface area contributed by atoms with Crippen LogP contribution >= 0.6 is 0 Å². The van der Waals surface area contributed by atoms with Crippen LogP contribution in [0.25, 0.3) is 0 Å². The van der Waals surface area contributed by atoms with E-state index in [1.165, 1.54) is 0 Å². The first kappa shape index (κ1) is 14.8. The molecule has 2 bridgehead atoms. The minimum absolute atomic E-state index is 0.0529. The Labute approximate surface area is 125 Å². The van der Waals surface area contributed by atoms with Crippen LogP contribution in [0.2, 0.25) is 0 Å². The molecule has 5 heteroatoms. The fourth-order valence-electron chi connectivity index (χ4n) is 4.58. The van der Waals surface area contributed by atoms with Gasteiger partial charge >= 0.3 is 0 Å². The molecule has 0 aromatic heterocycles. The number of rotatable bonds is 4. The standard InChI is InChI=1S/C16H25NO4/c1-9(12-3-2-8-21-12)17-15(18)13-10-4-6-11(7-5-10)14(13)16(19)20/h9-14H,2-8H2,1H3,(H,17,18)(H,19,20)/p-1/t9-,10?,11?,12-,13+,14-/m0/s1. The Hall–Kier alpha value is -1.10. The molecule has 3 aliphatic carbocycles. The van der Waals surface area contributed by atoms with Crippen LogP contribution in [0.3, 0.4) is 0 Å². The molecule has 0 spiro atoms. The van der Waals surface area contributed by atoms with Crippen LogP contribution < -0.4 is 10.4 Å². The molecule has 5 nitrogen and oxygen atoms in total. The highest BCUT2D eigenvalue weighted by atomic mass is 16.5. The van der Waals surface area contributed by atoms with Gasteiger partial charge in [0.2, 0.25) is 5.91 Å². The Balaban J connectivity index is 1.68. The van der Waals surface area contributed by atoms with E-state index in [1.807, 2.05) is 6.92 Å². The zero-order valence-corrected chi connectivity index (χ0v) is 12.5. The first-order valence-electron chi connectivity index (χ1n) is 8.20. The normalized spacial score (nSPS) is 40.0. The number of carbonyl (C=O) groups excluding carboxylic acids is 2. The second-order valence-electron chi connectivity index (χ2n) is 6.89. The van der Waals surface area contributed by atoms with Crippen LogP contribution in [0.1, 0.15) is 45.4 Å². The van der Waals surface area contributed by atoms with E-state index in [-0.39, 0.29) is 29.9 Å². The Bertz CT molecular complexity index is 411. The van der Waals surface area contributed by atoms with Gasteiger partial charge in [-0.1, -0.05) is 0 Å². The van der Waals surface area contributed by atoms with Crippen molar-refractivity contribution < 1.29 is 19.4 Å². The second kappa shape index (κ2) is 5.95.